The third-order valence-electron chi connectivity index (χ3n) is 3.66. The predicted molar refractivity (Wildman–Crippen MR) is 67.7 cm³/mol. The number of carboxylic acids is 1. The highest BCUT2D eigenvalue weighted by Gasteiger charge is 2.39. The number of unbranched alkanes of at least 4 members (excludes halogenated alkanes) is 1. The first kappa shape index (κ1) is 15.4. The quantitative estimate of drug-likeness (QED) is 0.695. The standard InChI is InChI=1S/C13H27NO2/c1-6-9-10-14(11(4)7-2)13(5,8-3)12(15)16/h11H,6-10H2,1-5H3,(H,15,16). The first-order valence-electron chi connectivity index (χ1n) is 6.44. The van der Waals surface area contributed by atoms with E-state index in [9.17, 15) is 9.90 Å². The fraction of sp³-hybridized carbons (Fsp3) is 0.923. The highest BCUT2D eigenvalue weighted by molar-refractivity contribution is 5.78. The minimum absolute atomic E-state index is 0.326. The molecule has 0 aliphatic rings. The minimum atomic E-state index is -0.718. The Morgan fingerprint density at radius 2 is 1.94 bits per heavy atom. The van der Waals surface area contributed by atoms with Gasteiger partial charge < -0.3 is 5.11 Å². The topological polar surface area (TPSA) is 40.5 Å². The van der Waals surface area contributed by atoms with Crippen LogP contribution in [-0.4, -0.2) is 34.1 Å². The molecule has 0 heterocycles. The molecule has 3 heteroatoms. The Morgan fingerprint density at radius 1 is 1.38 bits per heavy atom. The van der Waals surface area contributed by atoms with Crippen molar-refractivity contribution in [1.29, 1.82) is 0 Å². The van der Waals surface area contributed by atoms with E-state index in [0.717, 1.165) is 25.8 Å². The summed E-state index contributed by atoms with van der Waals surface area (Å²) >= 11 is 0. The summed E-state index contributed by atoms with van der Waals surface area (Å²) in [7, 11) is 0. The molecule has 0 aromatic heterocycles. The van der Waals surface area contributed by atoms with Crippen LogP contribution < -0.4 is 0 Å². The molecule has 0 saturated heterocycles. The predicted octanol–water partition coefficient (Wildman–Crippen LogP) is 3.14. The largest absolute Gasteiger partial charge is 0.480 e. The maximum absolute atomic E-state index is 11.4. The zero-order valence-corrected chi connectivity index (χ0v) is 11.4. The van der Waals surface area contributed by atoms with E-state index in [0.29, 0.717) is 12.5 Å². The average molecular weight is 229 g/mol. The molecule has 96 valence electrons. The van der Waals surface area contributed by atoms with E-state index in [1.807, 2.05) is 13.8 Å². The van der Waals surface area contributed by atoms with Gasteiger partial charge in [0.2, 0.25) is 0 Å². The second-order valence-electron chi connectivity index (χ2n) is 4.74. The van der Waals surface area contributed by atoms with E-state index in [4.69, 9.17) is 0 Å². The molecule has 0 fully saturated rings. The van der Waals surface area contributed by atoms with Gasteiger partial charge in [-0.3, -0.25) is 9.69 Å². The van der Waals surface area contributed by atoms with Crippen LogP contribution in [0.5, 0.6) is 0 Å². The van der Waals surface area contributed by atoms with Crippen molar-refractivity contribution in [3.05, 3.63) is 0 Å². The van der Waals surface area contributed by atoms with E-state index >= 15 is 0 Å². The lowest BCUT2D eigenvalue weighted by Crippen LogP contribution is -2.55. The Bertz CT molecular complexity index is 218. The Hall–Kier alpha value is -0.570. The third kappa shape index (κ3) is 3.48. The Balaban J connectivity index is 4.89. The van der Waals surface area contributed by atoms with Gasteiger partial charge in [-0.15, -0.1) is 0 Å². The molecule has 3 nitrogen and oxygen atoms in total. The van der Waals surface area contributed by atoms with E-state index in [1.165, 1.54) is 0 Å². The summed E-state index contributed by atoms with van der Waals surface area (Å²) in [4.78, 5) is 13.6. The van der Waals surface area contributed by atoms with E-state index in [2.05, 4.69) is 25.7 Å². The fourth-order valence-electron chi connectivity index (χ4n) is 1.98. The van der Waals surface area contributed by atoms with Crippen LogP contribution in [0, 0.1) is 0 Å². The highest BCUT2D eigenvalue weighted by Crippen LogP contribution is 2.24. The van der Waals surface area contributed by atoms with Crippen molar-refractivity contribution in [3.63, 3.8) is 0 Å². The molecule has 0 rings (SSSR count). The summed E-state index contributed by atoms with van der Waals surface area (Å²) in [6.45, 7) is 11.0. The van der Waals surface area contributed by atoms with Crippen molar-refractivity contribution >= 4 is 5.97 Å². The van der Waals surface area contributed by atoms with Gasteiger partial charge in [0.25, 0.3) is 0 Å². The van der Waals surface area contributed by atoms with Gasteiger partial charge in [-0.1, -0.05) is 27.2 Å². The highest BCUT2D eigenvalue weighted by atomic mass is 16.4. The van der Waals surface area contributed by atoms with Crippen LogP contribution in [-0.2, 0) is 4.79 Å². The number of rotatable bonds is 8. The van der Waals surface area contributed by atoms with Crippen LogP contribution in [0.25, 0.3) is 0 Å². The smallest absolute Gasteiger partial charge is 0.323 e. The first-order chi connectivity index (χ1) is 7.43. The van der Waals surface area contributed by atoms with E-state index in [-0.39, 0.29) is 0 Å². The second kappa shape index (κ2) is 6.89. The van der Waals surface area contributed by atoms with Crippen molar-refractivity contribution in [3.8, 4) is 0 Å². The monoisotopic (exact) mass is 229 g/mol. The van der Waals surface area contributed by atoms with Crippen LogP contribution in [0.3, 0.4) is 0 Å². The Labute approximate surface area is 99.8 Å². The molecule has 2 unspecified atom stereocenters. The Morgan fingerprint density at radius 3 is 2.25 bits per heavy atom. The number of carboxylic acid groups (broad SMARTS) is 1. The molecule has 1 N–H and O–H groups in total. The molecule has 0 aromatic carbocycles. The van der Waals surface area contributed by atoms with Crippen molar-refractivity contribution in [2.75, 3.05) is 6.54 Å². The summed E-state index contributed by atoms with van der Waals surface area (Å²) in [5.74, 6) is -0.702. The normalized spacial score (nSPS) is 17.1. The summed E-state index contributed by atoms with van der Waals surface area (Å²) in [6.07, 6.45) is 3.81. The summed E-state index contributed by atoms with van der Waals surface area (Å²) < 4.78 is 0. The molecular formula is C13H27NO2. The van der Waals surface area contributed by atoms with Gasteiger partial charge in [0.05, 0.1) is 0 Å². The first-order valence-corrected chi connectivity index (χ1v) is 6.44. The van der Waals surface area contributed by atoms with Crippen LogP contribution in [0.15, 0.2) is 0 Å². The van der Waals surface area contributed by atoms with Crippen molar-refractivity contribution in [2.45, 2.75) is 71.9 Å². The number of aliphatic carboxylic acids is 1. The van der Waals surface area contributed by atoms with Crippen LogP contribution in [0.1, 0.15) is 60.3 Å². The second-order valence-corrected chi connectivity index (χ2v) is 4.74. The van der Waals surface area contributed by atoms with E-state index in [1.54, 1.807) is 0 Å². The average Bonchev–Trinajstić information content (AvgIpc) is 2.28. The fourth-order valence-corrected chi connectivity index (χ4v) is 1.98. The molecule has 0 aliphatic carbocycles. The van der Waals surface area contributed by atoms with Gasteiger partial charge >= 0.3 is 5.97 Å². The van der Waals surface area contributed by atoms with Crippen molar-refractivity contribution < 1.29 is 9.90 Å². The molecule has 0 amide bonds. The molecule has 16 heavy (non-hydrogen) atoms. The number of nitrogens with zero attached hydrogens (tertiary/aromatic N) is 1. The lowest BCUT2D eigenvalue weighted by Gasteiger charge is -2.41. The number of hydrogen-bond donors (Lipinski definition) is 1. The van der Waals surface area contributed by atoms with E-state index < -0.39 is 11.5 Å². The lowest BCUT2D eigenvalue weighted by atomic mass is 9.93. The zero-order chi connectivity index (χ0) is 12.8. The van der Waals surface area contributed by atoms with Gasteiger partial charge in [-0.05, 0) is 39.7 Å². The summed E-state index contributed by atoms with van der Waals surface area (Å²) in [5.41, 5.74) is -0.718. The van der Waals surface area contributed by atoms with Gasteiger partial charge in [0.15, 0.2) is 0 Å². The maximum atomic E-state index is 11.4. The molecular weight excluding hydrogens is 202 g/mol. The molecule has 0 aromatic rings. The van der Waals surface area contributed by atoms with Crippen molar-refractivity contribution in [2.24, 2.45) is 0 Å². The van der Waals surface area contributed by atoms with Gasteiger partial charge in [0, 0.05) is 6.04 Å². The third-order valence-corrected chi connectivity index (χ3v) is 3.66. The molecule has 2 atom stereocenters. The molecule has 0 spiro atoms. The van der Waals surface area contributed by atoms with Gasteiger partial charge in [-0.25, -0.2) is 0 Å². The maximum Gasteiger partial charge on any atom is 0.323 e. The lowest BCUT2D eigenvalue weighted by molar-refractivity contribution is -0.152. The van der Waals surface area contributed by atoms with Crippen LogP contribution in [0.4, 0.5) is 0 Å². The molecule has 0 saturated carbocycles. The molecule has 0 aliphatic heterocycles. The van der Waals surface area contributed by atoms with Gasteiger partial charge in [0.1, 0.15) is 5.54 Å². The van der Waals surface area contributed by atoms with Crippen molar-refractivity contribution in [1.82, 2.24) is 4.90 Å². The number of carbonyl (C=O) groups is 1. The van der Waals surface area contributed by atoms with Crippen LogP contribution in [0.2, 0.25) is 0 Å². The molecule has 0 bridgehead atoms. The van der Waals surface area contributed by atoms with Gasteiger partial charge in [-0.2, -0.15) is 0 Å². The molecule has 0 radical (unpaired) electrons. The van der Waals surface area contributed by atoms with Crippen LogP contribution >= 0.6 is 0 Å². The Kier molecular flexibility index (Phi) is 6.65. The minimum Gasteiger partial charge on any atom is -0.480 e. The zero-order valence-electron chi connectivity index (χ0n) is 11.4. The SMILES string of the molecule is CCCCN(C(C)CC)C(C)(CC)C(=O)O. The summed E-state index contributed by atoms with van der Waals surface area (Å²) in [6, 6.07) is 0.326. The number of hydrogen-bond acceptors (Lipinski definition) is 2. The summed E-state index contributed by atoms with van der Waals surface area (Å²) in [5, 5.41) is 9.40.